The Morgan fingerprint density at radius 2 is 2.06 bits per heavy atom. The summed E-state index contributed by atoms with van der Waals surface area (Å²) < 4.78 is 11.3. The fraction of sp³-hybridized carbons (Fsp3) is 0.538. The molecule has 1 aromatic carbocycles. The van der Waals surface area contributed by atoms with Crippen molar-refractivity contribution in [3.63, 3.8) is 0 Å². The summed E-state index contributed by atoms with van der Waals surface area (Å²) in [5.41, 5.74) is 2.47. The summed E-state index contributed by atoms with van der Waals surface area (Å²) in [7, 11) is 0. The molecule has 1 heterocycles. The Morgan fingerprint density at radius 1 is 1.31 bits per heavy atom. The zero-order valence-electron chi connectivity index (χ0n) is 9.95. The molecule has 1 fully saturated rings. The van der Waals surface area contributed by atoms with Gasteiger partial charge in [-0.3, -0.25) is 0 Å². The molecule has 1 atom stereocenters. The first-order valence-electron chi connectivity index (χ1n) is 5.77. The molecule has 1 aliphatic rings. The summed E-state index contributed by atoms with van der Waals surface area (Å²) in [6, 6.07) is 6.26. The molecule has 3 heteroatoms. The Labute approximate surface area is 96.8 Å². The maximum Gasteiger partial charge on any atom is 0.119 e. The van der Waals surface area contributed by atoms with Crippen LogP contribution in [0, 0.1) is 13.8 Å². The maximum absolute atomic E-state index is 5.74. The minimum Gasteiger partial charge on any atom is -0.491 e. The van der Waals surface area contributed by atoms with Gasteiger partial charge in [0.25, 0.3) is 0 Å². The fourth-order valence-electron chi connectivity index (χ4n) is 1.93. The maximum atomic E-state index is 5.74. The van der Waals surface area contributed by atoms with Crippen LogP contribution < -0.4 is 10.1 Å². The van der Waals surface area contributed by atoms with E-state index in [0.29, 0.717) is 6.61 Å². The SMILES string of the molecule is Cc1cc(C)cc(OC[C@H]2CNCCO2)c1. The first kappa shape index (κ1) is 11.4. The lowest BCUT2D eigenvalue weighted by atomic mass is 10.1. The van der Waals surface area contributed by atoms with Crippen LogP contribution in [0.5, 0.6) is 5.75 Å². The van der Waals surface area contributed by atoms with Gasteiger partial charge in [0.1, 0.15) is 18.5 Å². The number of benzene rings is 1. The standard InChI is InChI=1S/C13H19NO2/c1-10-5-11(2)7-12(6-10)16-9-13-8-14-3-4-15-13/h5-7,13-14H,3-4,8-9H2,1-2H3/t13-/m1/s1. The second-order valence-electron chi connectivity index (χ2n) is 4.33. The van der Waals surface area contributed by atoms with E-state index in [1.54, 1.807) is 0 Å². The summed E-state index contributed by atoms with van der Waals surface area (Å²) >= 11 is 0. The van der Waals surface area contributed by atoms with E-state index >= 15 is 0 Å². The molecule has 0 unspecified atom stereocenters. The fourth-order valence-corrected chi connectivity index (χ4v) is 1.93. The van der Waals surface area contributed by atoms with Crippen LogP contribution >= 0.6 is 0 Å². The lowest BCUT2D eigenvalue weighted by Crippen LogP contribution is -2.41. The van der Waals surface area contributed by atoms with Crippen LogP contribution in [0.1, 0.15) is 11.1 Å². The predicted molar refractivity (Wildman–Crippen MR) is 64.0 cm³/mol. The predicted octanol–water partition coefficient (Wildman–Crippen LogP) is 1.67. The van der Waals surface area contributed by atoms with Crippen LogP contribution in [0.3, 0.4) is 0 Å². The zero-order valence-corrected chi connectivity index (χ0v) is 9.95. The van der Waals surface area contributed by atoms with Gasteiger partial charge >= 0.3 is 0 Å². The molecular formula is C13H19NO2. The Bertz CT molecular complexity index is 326. The van der Waals surface area contributed by atoms with Crippen molar-refractivity contribution in [2.24, 2.45) is 0 Å². The van der Waals surface area contributed by atoms with Crippen LogP contribution in [-0.4, -0.2) is 32.4 Å². The summed E-state index contributed by atoms with van der Waals surface area (Å²) in [5, 5.41) is 3.29. The van der Waals surface area contributed by atoms with Crippen molar-refractivity contribution in [3.8, 4) is 5.75 Å². The molecule has 1 aliphatic heterocycles. The van der Waals surface area contributed by atoms with E-state index in [1.807, 2.05) is 0 Å². The topological polar surface area (TPSA) is 30.5 Å². The summed E-state index contributed by atoms with van der Waals surface area (Å²) in [6.07, 6.45) is 0.176. The molecule has 0 saturated carbocycles. The normalized spacial score (nSPS) is 20.8. The van der Waals surface area contributed by atoms with E-state index in [1.165, 1.54) is 11.1 Å². The van der Waals surface area contributed by atoms with E-state index < -0.39 is 0 Å². The Morgan fingerprint density at radius 3 is 2.69 bits per heavy atom. The van der Waals surface area contributed by atoms with Gasteiger partial charge in [-0.15, -0.1) is 0 Å². The number of hydrogen-bond acceptors (Lipinski definition) is 3. The largest absolute Gasteiger partial charge is 0.491 e. The van der Waals surface area contributed by atoms with E-state index in [-0.39, 0.29) is 6.10 Å². The average molecular weight is 221 g/mol. The van der Waals surface area contributed by atoms with E-state index in [0.717, 1.165) is 25.4 Å². The molecule has 0 aromatic heterocycles. The van der Waals surface area contributed by atoms with Gasteiger partial charge in [-0.05, 0) is 37.1 Å². The number of rotatable bonds is 3. The van der Waals surface area contributed by atoms with Crippen molar-refractivity contribution in [2.75, 3.05) is 26.3 Å². The van der Waals surface area contributed by atoms with Gasteiger partial charge in [-0.25, -0.2) is 0 Å². The van der Waals surface area contributed by atoms with Crippen LogP contribution in [0.25, 0.3) is 0 Å². The lowest BCUT2D eigenvalue weighted by Gasteiger charge is -2.23. The minimum absolute atomic E-state index is 0.176. The summed E-state index contributed by atoms with van der Waals surface area (Å²) in [6.45, 7) is 7.39. The van der Waals surface area contributed by atoms with E-state index in [4.69, 9.17) is 9.47 Å². The third-order valence-electron chi connectivity index (χ3n) is 2.64. The van der Waals surface area contributed by atoms with Gasteiger partial charge in [0, 0.05) is 13.1 Å². The van der Waals surface area contributed by atoms with Gasteiger partial charge in [0.15, 0.2) is 0 Å². The summed E-state index contributed by atoms with van der Waals surface area (Å²) in [5.74, 6) is 0.937. The van der Waals surface area contributed by atoms with Gasteiger partial charge in [-0.1, -0.05) is 6.07 Å². The number of nitrogens with one attached hydrogen (secondary N) is 1. The number of morpholine rings is 1. The van der Waals surface area contributed by atoms with Gasteiger partial charge in [0.2, 0.25) is 0 Å². The third kappa shape index (κ3) is 3.22. The molecule has 0 radical (unpaired) electrons. The van der Waals surface area contributed by atoms with Crippen LogP contribution in [0.2, 0.25) is 0 Å². The highest BCUT2D eigenvalue weighted by Gasteiger charge is 2.13. The molecule has 1 N–H and O–H groups in total. The molecule has 0 aliphatic carbocycles. The van der Waals surface area contributed by atoms with Crippen molar-refractivity contribution >= 4 is 0 Å². The first-order chi connectivity index (χ1) is 7.74. The summed E-state index contributed by atoms with van der Waals surface area (Å²) in [4.78, 5) is 0. The number of hydrogen-bond donors (Lipinski definition) is 1. The van der Waals surface area contributed by atoms with Crippen molar-refractivity contribution in [1.29, 1.82) is 0 Å². The highest BCUT2D eigenvalue weighted by molar-refractivity contribution is 5.32. The molecule has 0 spiro atoms. The molecule has 2 rings (SSSR count). The molecule has 1 aromatic rings. The smallest absolute Gasteiger partial charge is 0.119 e. The van der Waals surface area contributed by atoms with Crippen molar-refractivity contribution < 1.29 is 9.47 Å². The molecule has 1 saturated heterocycles. The first-order valence-corrected chi connectivity index (χ1v) is 5.77. The molecule has 0 amide bonds. The Balaban J connectivity index is 1.88. The van der Waals surface area contributed by atoms with Gasteiger partial charge in [0.05, 0.1) is 6.61 Å². The molecule has 0 bridgehead atoms. The number of aryl methyl sites for hydroxylation is 2. The quantitative estimate of drug-likeness (QED) is 0.842. The Kier molecular flexibility index (Phi) is 3.80. The van der Waals surface area contributed by atoms with Gasteiger partial charge < -0.3 is 14.8 Å². The van der Waals surface area contributed by atoms with Gasteiger partial charge in [-0.2, -0.15) is 0 Å². The molecule has 88 valence electrons. The van der Waals surface area contributed by atoms with E-state index in [9.17, 15) is 0 Å². The number of ether oxygens (including phenoxy) is 2. The minimum atomic E-state index is 0.176. The van der Waals surface area contributed by atoms with E-state index in [2.05, 4.69) is 37.4 Å². The molecular weight excluding hydrogens is 202 g/mol. The highest BCUT2D eigenvalue weighted by atomic mass is 16.5. The zero-order chi connectivity index (χ0) is 11.4. The average Bonchev–Trinajstić information content (AvgIpc) is 2.27. The van der Waals surface area contributed by atoms with Crippen LogP contribution in [-0.2, 0) is 4.74 Å². The molecule has 3 nitrogen and oxygen atoms in total. The second kappa shape index (κ2) is 5.32. The van der Waals surface area contributed by atoms with Crippen molar-refractivity contribution in [1.82, 2.24) is 5.32 Å². The van der Waals surface area contributed by atoms with Crippen molar-refractivity contribution in [3.05, 3.63) is 29.3 Å². The third-order valence-corrected chi connectivity index (χ3v) is 2.64. The second-order valence-corrected chi connectivity index (χ2v) is 4.33. The van der Waals surface area contributed by atoms with Crippen LogP contribution in [0.4, 0.5) is 0 Å². The highest BCUT2D eigenvalue weighted by Crippen LogP contribution is 2.16. The molecule has 16 heavy (non-hydrogen) atoms. The lowest BCUT2D eigenvalue weighted by molar-refractivity contribution is 0.000174. The monoisotopic (exact) mass is 221 g/mol. The van der Waals surface area contributed by atoms with Crippen LogP contribution in [0.15, 0.2) is 18.2 Å². The van der Waals surface area contributed by atoms with Crippen molar-refractivity contribution in [2.45, 2.75) is 20.0 Å². The Hall–Kier alpha value is -1.06.